The van der Waals surface area contributed by atoms with Gasteiger partial charge in [0.25, 0.3) is 5.91 Å². The van der Waals surface area contributed by atoms with Crippen molar-refractivity contribution < 1.29 is 17.9 Å². The zero-order chi connectivity index (χ0) is 21.5. The predicted molar refractivity (Wildman–Crippen MR) is 115 cm³/mol. The molecule has 2 atom stereocenters. The number of carbonyl (C=O) groups is 1. The van der Waals surface area contributed by atoms with E-state index in [9.17, 15) is 13.2 Å². The van der Waals surface area contributed by atoms with Crippen LogP contribution in [0.25, 0.3) is 0 Å². The summed E-state index contributed by atoms with van der Waals surface area (Å²) in [5, 5.41) is 2.81. The molecule has 160 valence electrons. The van der Waals surface area contributed by atoms with E-state index < -0.39 is 10.0 Å². The quantitative estimate of drug-likeness (QED) is 0.764. The zero-order valence-corrected chi connectivity index (χ0v) is 18.2. The van der Waals surface area contributed by atoms with Gasteiger partial charge in [0.1, 0.15) is 5.75 Å². The molecule has 30 heavy (non-hydrogen) atoms. The standard InChI is InChI=1S/C22H27N3O4S/c1-15(2)29-20-9-7-17(8-10-20)23-22(26)16-5-4-6-21(11-16)30(27,28)25-14-18-12-19(25)13-24(18)3/h4-11,15,18-19H,12-14H2,1-3H3,(H,23,26)/t18-,19-/m0/s1. The first-order valence-corrected chi connectivity index (χ1v) is 11.6. The van der Waals surface area contributed by atoms with Crippen molar-refractivity contribution in [1.82, 2.24) is 9.21 Å². The van der Waals surface area contributed by atoms with Crippen molar-refractivity contribution in [1.29, 1.82) is 0 Å². The Hall–Kier alpha value is -2.42. The SMILES string of the molecule is CC(C)Oc1ccc(NC(=O)c2cccc(S(=O)(=O)N3C[C@@H]4C[C@H]3CN4C)c2)cc1. The predicted octanol–water partition coefficient (Wildman–Crippen LogP) is 2.80. The second-order valence-electron chi connectivity index (χ2n) is 8.23. The molecule has 0 unspecified atom stereocenters. The molecule has 0 aromatic heterocycles. The molecule has 2 aliphatic heterocycles. The molecule has 8 heteroatoms. The van der Waals surface area contributed by atoms with Crippen molar-refractivity contribution in [3.8, 4) is 5.75 Å². The van der Waals surface area contributed by atoms with Crippen molar-refractivity contribution in [3.63, 3.8) is 0 Å². The van der Waals surface area contributed by atoms with Crippen LogP contribution in [0, 0.1) is 0 Å². The van der Waals surface area contributed by atoms with E-state index in [2.05, 4.69) is 10.2 Å². The lowest BCUT2D eigenvalue weighted by Crippen LogP contribution is -2.47. The molecule has 2 aromatic rings. The number of piperazine rings is 1. The summed E-state index contributed by atoms with van der Waals surface area (Å²) in [4.78, 5) is 15.1. The number of benzene rings is 2. The number of amides is 1. The van der Waals surface area contributed by atoms with E-state index >= 15 is 0 Å². The number of sulfonamides is 1. The van der Waals surface area contributed by atoms with E-state index in [-0.39, 0.29) is 29.0 Å². The first-order chi connectivity index (χ1) is 14.2. The fourth-order valence-electron chi connectivity index (χ4n) is 4.15. The molecule has 2 bridgehead atoms. The van der Waals surface area contributed by atoms with Crippen LogP contribution >= 0.6 is 0 Å². The van der Waals surface area contributed by atoms with Gasteiger partial charge in [-0.3, -0.25) is 4.79 Å². The number of anilines is 1. The normalized spacial score (nSPS) is 21.9. The smallest absolute Gasteiger partial charge is 0.255 e. The number of hydrogen-bond donors (Lipinski definition) is 1. The van der Waals surface area contributed by atoms with E-state index in [4.69, 9.17) is 4.74 Å². The summed E-state index contributed by atoms with van der Waals surface area (Å²) in [6, 6.07) is 13.6. The second-order valence-corrected chi connectivity index (χ2v) is 10.1. The molecule has 1 amide bonds. The van der Waals surface area contributed by atoms with Crippen LogP contribution in [0.4, 0.5) is 5.69 Å². The minimum atomic E-state index is -3.63. The van der Waals surface area contributed by atoms with Gasteiger partial charge in [-0.2, -0.15) is 4.31 Å². The Morgan fingerprint density at radius 1 is 1.10 bits per heavy atom. The van der Waals surface area contributed by atoms with Gasteiger partial charge in [-0.05, 0) is 69.8 Å². The monoisotopic (exact) mass is 429 g/mol. The minimum Gasteiger partial charge on any atom is -0.491 e. The van der Waals surface area contributed by atoms with Gasteiger partial charge in [-0.15, -0.1) is 0 Å². The maximum absolute atomic E-state index is 13.2. The van der Waals surface area contributed by atoms with E-state index in [1.54, 1.807) is 46.8 Å². The van der Waals surface area contributed by atoms with Crippen molar-refractivity contribution in [2.45, 2.75) is 43.4 Å². The van der Waals surface area contributed by atoms with Crippen LogP contribution in [0.5, 0.6) is 5.75 Å². The Labute approximate surface area is 177 Å². The molecule has 2 aliphatic rings. The lowest BCUT2D eigenvalue weighted by Gasteiger charge is -2.31. The Kier molecular flexibility index (Phi) is 5.57. The second kappa shape index (κ2) is 8.02. The Bertz CT molecular complexity index is 1030. The number of nitrogens with one attached hydrogen (secondary N) is 1. The van der Waals surface area contributed by atoms with Gasteiger partial charge in [0.2, 0.25) is 10.0 Å². The fraction of sp³-hybridized carbons (Fsp3) is 0.409. The van der Waals surface area contributed by atoms with Gasteiger partial charge >= 0.3 is 0 Å². The summed E-state index contributed by atoms with van der Waals surface area (Å²) in [6.07, 6.45) is 0.938. The third-order valence-electron chi connectivity index (χ3n) is 5.65. The van der Waals surface area contributed by atoms with Gasteiger partial charge < -0.3 is 15.0 Å². The Morgan fingerprint density at radius 2 is 1.83 bits per heavy atom. The van der Waals surface area contributed by atoms with Crippen LogP contribution in [-0.4, -0.2) is 61.9 Å². The number of fused-ring (bicyclic) bond motifs is 2. The van der Waals surface area contributed by atoms with Crippen LogP contribution < -0.4 is 10.1 Å². The molecular weight excluding hydrogens is 402 g/mol. The van der Waals surface area contributed by atoms with Crippen LogP contribution in [0.2, 0.25) is 0 Å². The summed E-state index contributed by atoms with van der Waals surface area (Å²) in [5.41, 5.74) is 0.921. The highest BCUT2D eigenvalue weighted by molar-refractivity contribution is 7.89. The summed E-state index contributed by atoms with van der Waals surface area (Å²) in [5.74, 6) is 0.369. The van der Waals surface area contributed by atoms with Crippen molar-refractivity contribution in [2.75, 3.05) is 25.5 Å². The van der Waals surface area contributed by atoms with Crippen molar-refractivity contribution in [2.24, 2.45) is 0 Å². The van der Waals surface area contributed by atoms with Crippen LogP contribution in [0.3, 0.4) is 0 Å². The van der Waals surface area contributed by atoms with E-state index in [0.29, 0.717) is 17.8 Å². The van der Waals surface area contributed by atoms with Crippen molar-refractivity contribution in [3.05, 3.63) is 54.1 Å². The third kappa shape index (κ3) is 4.08. The molecule has 7 nitrogen and oxygen atoms in total. The van der Waals surface area contributed by atoms with Gasteiger partial charge in [0.05, 0.1) is 11.0 Å². The number of ether oxygens (including phenoxy) is 1. The maximum Gasteiger partial charge on any atom is 0.255 e. The molecule has 1 N–H and O–H groups in total. The van der Waals surface area contributed by atoms with Gasteiger partial charge in [-0.1, -0.05) is 6.07 Å². The Morgan fingerprint density at radius 3 is 2.43 bits per heavy atom. The van der Waals surface area contributed by atoms with Crippen LogP contribution in [0.1, 0.15) is 30.6 Å². The summed E-state index contributed by atoms with van der Waals surface area (Å²) < 4.78 is 33.5. The zero-order valence-electron chi connectivity index (χ0n) is 17.4. The molecule has 0 saturated carbocycles. The maximum atomic E-state index is 13.2. The average molecular weight is 430 g/mol. The largest absolute Gasteiger partial charge is 0.491 e. The van der Waals surface area contributed by atoms with Gasteiger partial charge in [0.15, 0.2) is 0 Å². The molecule has 0 spiro atoms. The average Bonchev–Trinajstić information content (AvgIpc) is 3.29. The highest BCUT2D eigenvalue weighted by Crippen LogP contribution is 2.34. The van der Waals surface area contributed by atoms with Crippen LogP contribution in [-0.2, 0) is 10.0 Å². The molecule has 2 aromatic carbocycles. The number of nitrogens with zero attached hydrogens (tertiary/aromatic N) is 2. The summed E-state index contributed by atoms with van der Waals surface area (Å²) in [7, 11) is -1.60. The lowest BCUT2D eigenvalue weighted by atomic mass is 10.2. The summed E-state index contributed by atoms with van der Waals surface area (Å²) in [6.45, 7) is 5.15. The van der Waals surface area contributed by atoms with Gasteiger partial charge in [0, 0.05) is 36.4 Å². The highest BCUT2D eigenvalue weighted by atomic mass is 32.2. The van der Waals surface area contributed by atoms with Crippen LogP contribution in [0.15, 0.2) is 53.4 Å². The molecule has 2 saturated heterocycles. The summed E-state index contributed by atoms with van der Waals surface area (Å²) >= 11 is 0. The van der Waals surface area contributed by atoms with Crippen molar-refractivity contribution >= 4 is 21.6 Å². The molecule has 2 heterocycles. The van der Waals surface area contributed by atoms with E-state index in [1.807, 2.05) is 20.9 Å². The highest BCUT2D eigenvalue weighted by Gasteiger charge is 2.47. The number of rotatable bonds is 6. The third-order valence-corrected chi connectivity index (χ3v) is 7.57. The Balaban J connectivity index is 1.48. The lowest BCUT2D eigenvalue weighted by molar-refractivity contribution is 0.102. The number of hydrogen-bond acceptors (Lipinski definition) is 5. The number of likely N-dealkylation sites (N-methyl/N-ethyl adjacent to an activating group) is 1. The topological polar surface area (TPSA) is 78.9 Å². The van der Waals surface area contributed by atoms with E-state index in [0.717, 1.165) is 18.7 Å². The first kappa shape index (κ1) is 20.8. The first-order valence-electron chi connectivity index (χ1n) is 10.1. The molecule has 0 radical (unpaired) electrons. The van der Waals surface area contributed by atoms with E-state index in [1.165, 1.54) is 6.07 Å². The van der Waals surface area contributed by atoms with Gasteiger partial charge in [-0.25, -0.2) is 8.42 Å². The number of likely N-dealkylation sites (tertiary alicyclic amines) is 1. The fourth-order valence-corrected chi connectivity index (χ4v) is 5.86. The molecule has 4 rings (SSSR count). The number of carbonyl (C=O) groups excluding carboxylic acids is 1. The molecular formula is C22H27N3O4S. The molecule has 0 aliphatic carbocycles. The molecule has 2 fully saturated rings. The minimum absolute atomic E-state index is 0.00838.